The molecular formula is C16H23NO2. The van der Waals surface area contributed by atoms with Gasteiger partial charge in [-0.05, 0) is 30.2 Å². The molecule has 0 aromatic heterocycles. The fraction of sp³-hybridized carbons (Fsp3) is 0.438. The second-order valence-corrected chi connectivity index (χ2v) is 4.58. The lowest BCUT2D eigenvalue weighted by Gasteiger charge is -2.01. The van der Waals surface area contributed by atoms with Gasteiger partial charge in [0.2, 0.25) is 0 Å². The first-order valence-corrected chi connectivity index (χ1v) is 6.92. The topological polar surface area (TPSA) is 52.3 Å². The summed E-state index contributed by atoms with van der Waals surface area (Å²) in [4.78, 5) is 11.4. The van der Waals surface area contributed by atoms with Crippen molar-refractivity contribution < 1.29 is 9.53 Å². The Morgan fingerprint density at radius 2 is 1.84 bits per heavy atom. The van der Waals surface area contributed by atoms with E-state index in [1.54, 1.807) is 18.2 Å². The summed E-state index contributed by atoms with van der Waals surface area (Å²) in [5.74, 6) is -0.285. The van der Waals surface area contributed by atoms with Crippen LogP contribution >= 0.6 is 0 Å². The minimum Gasteiger partial charge on any atom is -0.463 e. The number of carbonyl (C=O) groups is 1. The Labute approximate surface area is 115 Å². The van der Waals surface area contributed by atoms with Gasteiger partial charge in [-0.15, -0.1) is 0 Å². The monoisotopic (exact) mass is 261 g/mol. The van der Waals surface area contributed by atoms with E-state index in [0.29, 0.717) is 12.3 Å². The molecule has 19 heavy (non-hydrogen) atoms. The van der Waals surface area contributed by atoms with Crippen LogP contribution in [0.4, 0.5) is 5.69 Å². The van der Waals surface area contributed by atoms with Gasteiger partial charge < -0.3 is 10.5 Å². The summed E-state index contributed by atoms with van der Waals surface area (Å²) in [6.07, 6.45) is 8.96. The van der Waals surface area contributed by atoms with Gasteiger partial charge in [0.15, 0.2) is 0 Å². The van der Waals surface area contributed by atoms with Crippen molar-refractivity contribution in [1.82, 2.24) is 0 Å². The zero-order valence-electron chi connectivity index (χ0n) is 11.6. The van der Waals surface area contributed by atoms with Crippen molar-refractivity contribution in [2.45, 2.75) is 39.0 Å². The highest BCUT2D eigenvalue weighted by Crippen LogP contribution is 2.07. The number of unbranched alkanes of at least 4 members (excludes halogenated alkanes) is 4. The van der Waals surface area contributed by atoms with Crippen LogP contribution in [0.3, 0.4) is 0 Å². The smallest absolute Gasteiger partial charge is 0.330 e. The van der Waals surface area contributed by atoms with E-state index in [4.69, 9.17) is 10.5 Å². The number of nitrogen functional groups attached to an aromatic ring is 1. The number of anilines is 1. The number of ether oxygens (including phenoxy) is 1. The molecule has 0 aliphatic heterocycles. The number of esters is 1. The Kier molecular flexibility index (Phi) is 7.40. The highest BCUT2D eigenvalue weighted by Gasteiger charge is 1.97. The lowest BCUT2D eigenvalue weighted by atomic mass is 10.2. The number of hydrogen-bond acceptors (Lipinski definition) is 3. The zero-order valence-corrected chi connectivity index (χ0v) is 11.6. The predicted octanol–water partition coefficient (Wildman–Crippen LogP) is 3.80. The molecule has 0 heterocycles. The summed E-state index contributed by atoms with van der Waals surface area (Å²) in [7, 11) is 0. The average molecular weight is 261 g/mol. The van der Waals surface area contributed by atoms with Crippen molar-refractivity contribution in [1.29, 1.82) is 0 Å². The predicted molar refractivity (Wildman–Crippen MR) is 79.6 cm³/mol. The molecule has 0 atom stereocenters. The van der Waals surface area contributed by atoms with Crippen LogP contribution in [0, 0.1) is 0 Å². The molecule has 1 aromatic carbocycles. The quantitative estimate of drug-likeness (QED) is 0.335. The van der Waals surface area contributed by atoms with Crippen LogP contribution in [0.1, 0.15) is 44.6 Å². The normalized spacial score (nSPS) is 10.8. The molecule has 0 bridgehead atoms. The summed E-state index contributed by atoms with van der Waals surface area (Å²) in [5.41, 5.74) is 7.24. The van der Waals surface area contributed by atoms with Crippen molar-refractivity contribution in [3.63, 3.8) is 0 Å². The molecule has 0 amide bonds. The van der Waals surface area contributed by atoms with E-state index >= 15 is 0 Å². The van der Waals surface area contributed by atoms with Crippen LogP contribution in [0.5, 0.6) is 0 Å². The van der Waals surface area contributed by atoms with Crippen LogP contribution in [-0.4, -0.2) is 12.6 Å². The van der Waals surface area contributed by atoms with Crippen LogP contribution in [0.25, 0.3) is 6.08 Å². The molecule has 0 fully saturated rings. The molecule has 104 valence electrons. The van der Waals surface area contributed by atoms with E-state index in [9.17, 15) is 4.79 Å². The Morgan fingerprint density at radius 1 is 1.16 bits per heavy atom. The molecule has 3 heteroatoms. The maximum absolute atomic E-state index is 11.4. The molecule has 2 N–H and O–H groups in total. The molecule has 0 saturated heterocycles. The van der Waals surface area contributed by atoms with Crippen LogP contribution in [0.2, 0.25) is 0 Å². The maximum atomic E-state index is 11.4. The van der Waals surface area contributed by atoms with E-state index in [-0.39, 0.29) is 5.97 Å². The Balaban J connectivity index is 2.18. The first-order chi connectivity index (χ1) is 9.22. The van der Waals surface area contributed by atoms with Crippen molar-refractivity contribution in [2.24, 2.45) is 0 Å². The molecule has 0 radical (unpaired) electrons. The van der Waals surface area contributed by atoms with Gasteiger partial charge in [0.1, 0.15) is 0 Å². The first kappa shape index (κ1) is 15.3. The molecule has 0 unspecified atom stereocenters. The van der Waals surface area contributed by atoms with Gasteiger partial charge in [-0.1, -0.05) is 44.7 Å². The molecule has 0 aliphatic carbocycles. The number of benzene rings is 1. The fourth-order valence-electron chi connectivity index (χ4n) is 1.70. The summed E-state index contributed by atoms with van der Waals surface area (Å²) in [6, 6.07) is 7.34. The van der Waals surface area contributed by atoms with E-state index in [1.165, 1.54) is 25.3 Å². The minimum atomic E-state index is -0.285. The summed E-state index contributed by atoms with van der Waals surface area (Å²) < 4.78 is 5.12. The second kappa shape index (κ2) is 9.20. The van der Waals surface area contributed by atoms with E-state index in [0.717, 1.165) is 18.4 Å². The second-order valence-electron chi connectivity index (χ2n) is 4.58. The van der Waals surface area contributed by atoms with Gasteiger partial charge in [0.05, 0.1) is 6.61 Å². The van der Waals surface area contributed by atoms with E-state index in [1.807, 2.05) is 12.1 Å². The van der Waals surface area contributed by atoms with E-state index < -0.39 is 0 Å². The lowest BCUT2D eigenvalue weighted by Crippen LogP contribution is -2.02. The minimum absolute atomic E-state index is 0.285. The number of hydrogen-bond donors (Lipinski definition) is 1. The van der Waals surface area contributed by atoms with E-state index in [2.05, 4.69) is 6.92 Å². The molecule has 0 spiro atoms. The lowest BCUT2D eigenvalue weighted by molar-refractivity contribution is -0.137. The van der Waals surface area contributed by atoms with Crippen LogP contribution in [0.15, 0.2) is 30.3 Å². The SMILES string of the molecule is CCCCCCCOC(=O)/C=C/c1ccc(N)cc1. The van der Waals surface area contributed by atoms with Crippen molar-refractivity contribution >= 4 is 17.7 Å². The third-order valence-corrected chi connectivity index (χ3v) is 2.84. The third-order valence-electron chi connectivity index (χ3n) is 2.84. The van der Waals surface area contributed by atoms with Crippen molar-refractivity contribution in [2.75, 3.05) is 12.3 Å². The van der Waals surface area contributed by atoms with Crippen molar-refractivity contribution in [3.8, 4) is 0 Å². The Morgan fingerprint density at radius 3 is 2.53 bits per heavy atom. The molecule has 1 aromatic rings. The largest absolute Gasteiger partial charge is 0.463 e. The van der Waals surface area contributed by atoms with Gasteiger partial charge in [-0.2, -0.15) is 0 Å². The summed E-state index contributed by atoms with van der Waals surface area (Å²) in [6.45, 7) is 2.69. The Hall–Kier alpha value is -1.77. The Bertz CT molecular complexity index is 396. The van der Waals surface area contributed by atoms with Gasteiger partial charge >= 0.3 is 5.97 Å². The van der Waals surface area contributed by atoms with Crippen LogP contribution < -0.4 is 5.73 Å². The average Bonchev–Trinajstić information content (AvgIpc) is 2.42. The highest BCUT2D eigenvalue weighted by atomic mass is 16.5. The molecular weight excluding hydrogens is 238 g/mol. The third kappa shape index (κ3) is 7.29. The molecule has 0 aliphatic rings. The summed E-state index contributed by atoms with van der Waals surface area (Å²) in [5, 5.41) is 0. The van der Waals surface area contributed by atoms with Gasteiger partial charge in [-0.3, -0.25) is 0 Å². The fourth-order valence-corrected chi connectivity index (χ4v) is 1.70. The standard InChI is InChI=1S/C16H23NO2/c1-2-3-4-5-6-13-19-16(18)12-9-14-7-10-15(17)11-8-14/h7-12H,2-6,13,17H2,1H3/b12-9+. The highest BCUT2D eigenvalue weighted by molar-refractivity contribution is 5.87. The molecule has 3 nitrogen and oxygen atoms in total. The molecule has 1 rings (SSSR count). The maximum Gasteiger partial charge on any atom is 0.330 e. The van der Waals surface area contributed by atoms with Gasteiger partial charge in [-0.25, -0.2) is 4.79 Å². The van der Waals surface area contributed by atoms with Gasteiger partial charge in [0.25, 0.3) is 0 Å². The number of rotatable bonds is 8. The number of nitrogens with two attached hydrogens (primary N) is 1. The number of carbonyl (C=O) groups excluding carboxylic acids is 1. The summed E-state index contributed by atoms with van der Waals surface area (Å²) >= 11 is 0. The van der Waals surface area contributed by atoms with Gasteiger partial charge in [0, 0.05) is 11.8 Å². The van der Waals surface area contributed by atoms with Crippen LogP contribution in [-0.2, 0) is 9.53 Å². The molecule has 0 saturated carbocycles. The zero-order chi connectivity index (χ0) is 13.9. The first-order valence-electron chi connectivity index (χ1n) is 6.92. The van der Waals surface area contributed by atoms with Crippen molar-refractivity contribution in [3.05, 3.63) is 35.9 Å².